The number of aryl methyl sites for hydroxylation is 1. The smallest absolute Gasteiger partial charge is 0.341 e. The summed E-state index contributed by atoms with van der Waals surface area (Å²) in [7, 11) is 0. The van der Waals surface area contributed by atoms with E-state index < -0.39 is 17.8 Å². The Morgan fingerprint density at radius 3 is 2.38 bits per heavy atom. The van der Waals surface area contributed by atoms with E-state index >= 15 is 0 Å². The van der Waals surface area contributed by atoms with Gasteiger partial charge in [-0.25, -0.2) is 9.59 Å². The number of amides is 1. The highest BCUT2D eigenvalue weighted by Gasteiger charge is 2.29. The van der Waals surface area contributed by atoms with Crippen LogP contribution >= 0.6 is 11.3 Å². The Morgan fingerprint density at radius 1 is 1.04 bits per heavy atom. The molecule has 0 saturated carbocycles. The number of hydrogen-bond acceptors (Lipinski definition) is 5. The van der Waals surface area contributed by atoms with Crippen molar-refractivity contribution >= 4 is 34.2 Å². The minimum Gasteiger partial charge on any atom is -0.478 e. The molecule has 2 aliphatic rings. The first-order valence-electron chi connectivity index (χ1n) is 9.11. The molecular formula is C19H23NO5S. The van der Waals surface area contributed by atoms with Gasteiger partial charge in [0.05, 0.1) is 12.2 Å². The van der Waals surface area contributed by atoms with Gasteiger partial charge in [-0.05, 0) is 63.9 Å². The van der Waals surface area contributed by atoms with Crippen molar-refractivity contribution in [3.8, 4) is 0 Å². The number of nitrogens with one attached hydrogen (secondary N) is 1. The van der Waals surface area contributed by atoms with E-state index in [-0.39, 0.29) is 12.2 Å². The molecule has 3 rings (SSSR count). The Hall–Kier alpha value is -2.15. The minimum absolute atomic E-state index is 0.188. The molecule has 2 N–H and O–H groups in total. The summed E-state index contributed by atoms with van der Waals surface area (Å²) >= 11 is 1.42. The van der Waals surface area contributed by atoms with Crippen LogP contribution in [0.1, 0.15) is 66.2 Å². The van der Waals surface area contributed by atoms with Crippen LogP contribution in [0, 0.1) is 0 Å². The molecule has 0 unspecified atom stereocenters. The molecule has 0 spiro atoms. The monoisotopic (exact) mass is 377 g/mol. The van der Waals surface area contributed by atoms with Crippen molar-refractivity contribution in [2.45, 2.75) is 58.3 Å². The summed E-state index contributed by atoms with van der Waals surface area (Å²) in [6.07, 6.45) is 6.21. The summed E-state index contributed by atoms with van der Waals surface area (Å²) in [5.74, 6) is -1.87. The molecule has 1 aromatic heterocycles. The zero-order chi connectivity index (χ0) is 18.7. The average molecular weight is 377 g/mol. The molecule has 0 radical (unpaired) electrons. The quantitative estimate of drug-likeness (QED) is 0.763. The van der Waals surface area contributed by atoms with Crippen LogP contribution in [0.2, 0.25) is 0 Å². The normalized spacial score (nSPS) is 16.8. The molecule has 6 nitrogen and oxygen atoms in total. The van der Waals surface area contributed by atoms with E-state index in [9.17, 15) is 19.5 Å². The molecule has 26 heavy (non-hydrogen) atoms. The third-order valence-corrected chi connectivity index (χ3v) is 6.09. The zero-order valence-electron chi connectivity index (χ0n) is 14.9. The lowest BCUT2D eigenvalue weighted by atomic mass is 9.91. The number of thiophene rings is 1. The number of hydrogen-bond donors (Lipinski definition) is 2. The van der Waals surface area contributed by atoms with Crippen molar-refractivity contribution < 1.29 is 24.2 Å². The van der Waals surface area contributed by atoms with E-state index in [1.807, 2.05) is 0 Å². The molecule has 0 aliphatic heterocycles. The number of carboxylic acid groups (broad SMARTS) is 1. The zero-order valence-corrected chi connectivity index (χ0v) is 15.7. The Balaban J connectivity index is 1.94. The van der Waals surface area contributed by atoms with Gasteiger partial charge in [0.1, 0.15) is 5.00 Å². The van der Waals surface area contributed by atoms with E-state index in [0.717, 1.165) is 49.0 Å². The number of aliphatic carboxylic acids is 1. The fraction of sp³-hybridized carbons (Fsp3) is 0.526. The predicted octanol–water partition coefficient (Wildman–Crippen LogP) is 3.70. The van der Waals surface area contributed by atoms with E-state index in [1.165, 1.54) is 11.3 Å². The van der Waals surface area contributed by atoms with Crippen LogP contribution in [0.3, 0.4) is 0 Å². The number of rotatable bonds is 5. The van der Waals surface area contributed by atoms with Crippen LogP contribution in [0.5, 0.6) is 0 Å². The number of ether oxygens (including phenoxy) is 1. The topological polar surface area (TPSA) is 92.7 Å². The second-order valence-electron chi connectivity index (χ2n) is 6.56. The molecule has 1 heterocycles. The Bertz CT molecular complexity index is 777. The molecule has 2 aliphatic carbocycles. The average Bonchev–Trinajstić information content (AvgIpc) is 2.99. The fourth-order valence-electron chi connectivity index (χ4n) is 3.64. The largest absolute Gasteiger partial charge is 0.478 e. The van der Waals surface area contributed by atoms with E-state index in [1.54, 1.807) is 6.92 Å². The van der Waals surface area contributed by atoms with Gasteiger partial charge in [-0.3, -0.25) is 4.79 Å². The lowest BCUT2D eigenvalue weighted by molar-refractivity contribution is -0.133. The summed E-state index contributed by atoms with van der Waals surface area (Å²) in [6, 6.07) is 0. The first-order chi connectivity index (χ1) is 12.5. The van der Waals surface area contributed by atoms with Gasteiger partial charge in [0.25, 0.3) is 5.91 Å². The Morgan fingerprint density at radius 2 is 1.69 bits per heavy atom. The van der Waals surface area contributed by atoms with Crippen LogP contribution in [0.4, 0.5) is 5.00 Å². The van der Waals surface area contributed by atoms with Gasteiger partial charge in [0.2, 0.25) is 0 Å². The second kappa shape index (κ2) is 8.03. The molecule has 0 fully saturated rings. The number of anilines is 1. The maximum absolute atomic E-state index is 12.8. The highest BCUT2D eigenvalue weighted by atomic mass is 32.1. The van der Waals surface area contributed by atoms with Crippen molar-refractivity contribution in [1.29, 1.82) is 0 Å². The summed E-state index contributed by atoms with van der Waals surface area (Å²) in [5, 5.41) is 12.7. The minimum atomic E-state index is -1.04. The van der Waals surface area contributed by atoms with Gasteiger partial charge in [-0.1, -0.05) is 0 Å². The van der Waals surface area contributed by atoms with E-state index in [4.69, 9.17) is 4.74 Å². The molecule has 0 aromatic carbocycles. The first kappa shape index (κ1) is 18.6. The van der Waals surface area contributed by atoms with Crippen molar-refractivity contribution in [1.82, 2.24) is 0 Å². The third kappa shape index (κ3) is 3.67. The maximum atomic E-state index is 12.8. The van der Waals surface area contributed by atoms with Crippen LogP contribution in [0.15, 0.2) is 11.1 Å². The van der Waals surface area contributed by atoms with Crippen LogP contribution in [-0.2, 0) is 27.2 Å². The summed E-state index contributed by atoms with van der Waals surface area (Å²) in [5.41, 5.74) is 1.94. The number of carboxylic acids is 1. The van der Waals surface area contributed by atoms with Crippen LogP contribution in [0.25, 0.3) is 0 Å². The van der Waals surface area contributed by atoms with E-state index in [2.05, 4.69) is 5.32 Å². The summed E-state index contributed by atoms with van der Waals surface area (Å²) in [4.78, 5) is 37.8. The molecular weight excluding hydrogens is 354 g/mol. The highest BCUT2D eigenvalue weighted by Crippen LogP contribution is 2.39. The third-order valence-electron chi connectivity index (χ3n) is 4.88. The van der Waals surface area contributed by atoms with Gasteiger partial charge < -0.3 is 15.2 Å². The highest BCUT2D eigenvalue weighted by molar-refractivity contribution is 7.17. The number of esters is 1. The SMILES string of the molecule is CCOC(=O)c1c(NC(=O)C2=C(C(=O)O)CCCC2)sc2c1CCCC2. The number of fused-ring (bicyclic) bond motifs is 1. The number of carbonyl (C=O) groups excluding carboxylic acids is 2. The first-order valence-corrected chi connectivity index (χ1v) is 9.92. The molecule has 0 bridgehead atoms. The Kier molecular flexibility index (Phi) is 5.76. The standard InChI is InChI=1S/C19H23NO5S/c1-2-25-19(24)15-13-9-5-6-10-14(13)26-17(15)20-16(21)11-7-3-4-8-12(11)18(22)23/h2-10H2,1H3,(H,20,21)(H,22,23). The molecule has 140 valence electrons. The van der Waals surface area contributed by atoms with Crippen molar-refractivity contribution in [2.75, 3.05) is 11.9 Å². The Labute approximate surface area is 156 Å². The maximum Gasteiger partial charge on any atom is 0.341 e. The van der Waals surface area contributed by atoms with Gasteiger partial charge in [-0.2, -0.15) is 0 Å². The molecule has 7 heteroatoms. The second-order valence-corrected chi connectivity index (χ2v) is 7.66. The molecule has 1 amide bonds. The van der Waals surface area contributed by atoms with Crippen LogP contribution in [-0.4, -0.2) is 29.6 Å². The van der Waals surface area contributed by atoms with Crippen molar-refractivity contribution in [2.24, 2.45) is 0 Å². The van der Waals surface area contributed by atoms with E-state index in [0.29, 0.717) is 29.0 Å². The lowest BCUT2D eigenvalue weighted by Gasteiger charge is -2.17. The summed E-state index contributed by atoms with van der Waals surface area (Å²) < 4.78 is 5.19. The molecule has 0 saturated heterocycles. The number of carbonyl (C=O) groups is 3. The molecule has 0 atom stereocenters. The van der Waals surface area contributed by atoms with Gasteiger partial charge in [0.15, 0.2) is 0 Å². The van der Waals surface area contributed by atoms with Crippen molar-refractivity contribution in [3.05, 3.63) is 27.2 Å². The predicted molar refractivity (Wildman–Crippen MR) is 98.7 cm³/mol. The van der Waals surface area contributed by atoms with Gasteiger partial charge in [-0.15, -0.1) is 11.3 Å². The fourth-order valence-corrected chi connectivity index (χ4v) is 4.92. The van der Waals surface area contributed by atoms with Crippen LogP contribution < -0.4 is 5.32 Å². The van der Waals surface area contributed by atoms with Crippen molar-refractivity contribution in [3.63, 3.8) is 0 Å². The summed E-state index contributed by atoms with van der Waals surface area (Å²) in [6.45, 7) is 2.02. The molecule has 1 aromatic rings. The lowest BCUT2D eigenvalue weighted by Crippen LogP contribution is -2.22. The van der Waals surface area contributed by atoms with Gasteiger partial charge >= 0.3 is 11.9 Å². The van der Waals surface area contributed by atoms with Gasteiger partial charge in [0, 0.05) is 16.0 Å².